The molecule has 1 aromatic carbocycles. The maximum absolute atomic E-state index is 11.9. The SMILES string of the molecule is O=C(Cc1csc(-c2ccco2)n1)Nc1ccccc1. The molecule has 4 nitrogen and oxygen atoms in total. The number of carbonyl (C=O) groups is 1. The van der Waals surface area contributed by atoms with Gasteiger partial charge in [-0.2, -0.15) is 0 Å². The molecule has 0 radical (unpaired) electrons. The van der Waals surface area contributed by atoms with Crippen LogP contribution in [0.1, 0.15) is 5.69 Å². The molecule has 0 aliphatic heterocycles. The van der Waals surface area contributed by atoms with Crippen molar-refractivity contribution in [1.82, 2.24) is 4.98 Å². The van der Waals surface area contributed by atoms with E-state index < -0.39 is 0 Å². The number of nitrogens with zero attached hydrogens (tertiary/aromatic N) is 1. The van der Waals surface area contributed by atoms with Gasteiger partial charge in [-0.05, 0) is 24.3 Å². The first-order chi connectivity index (χ1) is 9.81. The van der Waals surface area contributed by atoms with Crippen LogP contribution in [0.3, 0.4) is 0 Å². The van der Waals surface area contributed by atoms with Gasteiger partial charge in [0, 0.05) is 11.1 Å². The summed E-state index contributed by atoms with van der Waals surface area (Å²) in [5, 5.41) is 5.50. The van der Waals surface area contributed by atoms with Gasteiger partial charge in [0.25, 0.3) is 0 Å². The maximum atomic E-state index is 11.9. The number of hydrogen-bond donors (Lipinski definition) is 1. The van der Waals surface area contributed by atoms with Crippen LogP contribution >= 0.6 is 11.3 Å². The van der Waals surface area contributed by atoms with Gasteiger partial charge >= 0.3 is 0 Å². The van der Waals surface area contributed by atoms with E-state index in [-0.39, 0.29) is 12.3 Å². The van der Waals surface area contributed by atoms with Gasteiger partial charge < -0.3 is 9.73 Å². The molecule has 0 saturated heterocycles. The van der Waals surface area contributed by atoms with E-state index in [4.69, 9.17) is 4.42 Å². The predicted molar refractivity (Wildman–Crippen MR) is 78.6 cm³/mol. The highest BCUT2D eigenvalue weighted by molar-refractivity contribution is 7.13. The molecule has 0 atom stereocenters. The zero-order chi connectivity index (χ0) is 13.8. The molecule has 0 saturated carbocycles. The van der Waals surface area contributed by atoms with Gasteiger partial charge in [-0.3, -0.25) is 4.79 Å². The van der Waals surface area contributed by atoms with Crippen LogP contribution in [0.2, 0.25) is 0 Å². The fourth-order valence-electron chi connectivity index (χ4n) is 1.79. The minimum atomic E-state index is -0.0764. The summed E-state index contributed by atoms with van der Waals surface area (Å²) in [6.07, 6.45) is 1.87. The number of hydrogen-bond acceptors (Lipinski definition) is 4. The fraction of sp³-hybridized carbons (Fsp3) is 0.0667. The number of amides is 1. The Labute approximate surface area is 120 Å². The first-order valence-corrected chi connectivity index (χ1v) is 7.02. The summed E-state index contributed by atoms with van der Waals surface area (Å²) in [4.78, 5) is 16.3. The van der Waals surface area contributed by atoms with Gasteiger partial charge in [0.15, 0.2) is 10.8 Å². The van der Waals surface area contributed by atoms with E-state index in [9.17, 15) is 4.79 Å². The lowest BCUT2D eigenvalue weighted by atomic mass is 10.3. The van der Waals surface area contributed by atoms with Crippen LogP contribution < -0.4 is 5.32 Å². The molecule has 3 rings (SSSR count). The summed E-state index contributed by atoms with van der Waals surface area (Å²) in [6, 6.07) is 13.1. The summed E-state index contributed by atoms with van der Waals surface area (Å²) >= 11 is 1.47. The summed E-state index contributed by atoms with van der Waals surface area (Å²) < 4.78 is 5.28. The Morgan fingerprint density at radius 2 is 2.05 bits per heavy atom. The normalized spacial score (nSPS) is 10.4. The second-order valence-corrected chi connectivity index (χ2v) is 5.07. The lowest BCUT2D eigenvalue weighted by Crippen LogP contribution is -2.14. The van der Waals surface area contributed by atoms with Crippen molar-refractivity contribution in [1.29, 1.82) is 0 Å². The third kappa shape index (κ3) is 2.95. The molecule has 0 unspecified atom stereocenters. The number of thiazole rings is 1. The van der Waals surface area contributed by atoms with Crippen molar-refractivity contribution in [2.75, 3.05) is 5.32 Å². The standard InChI is InChI=1S/C15H12N2O2S/c18-14(16-11-5-2-1-3-6-11)9-12-10-20-15(17-12)13-7-4-8-19-13/h1-8,10H,9H2,(H,16,18). The highest BCUT2D eigenvalue weighted by atomic mass is 32.1. The summed E-state index contributed by atoms with van der Waals surface area (Å²) in [7, 11) is 0. The zero-order valence-electron chi connectivity index (χ0n) is 10.6. The van der Waals surface area contributed by atoms with Gasteiger partial charge in [-0.15, -0.1) is 11.3 Å². The summed E-state index contributed by atoms with van der Waals surface area (Å²) in [6.45, 7) is 0. The number of carbonyl (C=O) groups excluding carboxylic acids is 1. The Morgan fingerprint density at radius 3 is 2.80 bits per heavy atom. The van der Waals surface area contributed by atoms with Crippen LogP contribution in [-0.2, 0) is 11.2 Å². The lowest BCUT2D eigenvalue weighted by molar-refractivity contribution is -0.115. The highest BCUT2D eigenvalue weighted by Crippen LogP contribution is 2.24. The molecule has 0 fully saturated rings. The molecule has 2 aromatic heterocycles. The van der Waals surface area contributed by atoms with E-state index in [1.165, 1.54) is 11.3 Å². The molecule has 5 heteroatoms. The van der Waals surface area contributed by atoms with E-state index in [2.05, 4.69) is 10.3 Å². The van der Waals surface area contributed by atoms with E-state index in [1.54, 1.807) is 6.26 Å². The zero-order valence-corrected chi connectivity index (χ0v) is 11.4. The van der Waals surface area contributed by atoms with E-state index in [0.29, 0.717) is 0 Å². The van der Waals surface area contributed by atoms with Crippen molar-refractivity contribution >= 4 is 22.9 Å². The second kappa shape index (κ2) is 5.71. The average molecular weight is 284 g/mol. The number of nitrogens with one attached hydrogen (secondary N) is 1. The summed E-state index contributed by atoms with van der Waals surface area (Å²) in [5.74, 6) is 0.650. The van der Waals surface area contributed by atoms with Gasteiger partial charge in [-0.25, -0.2) is 4.98 Å². The Balaban J connectivity index is 1.65. The van der Waals surface area contributed by atoms with E-state index in [1.807, 2.05) is 47.8 Å². The molecule has 0 spiro atoms. The number of rotatable bonds is 4. The predicted octanol–water partition coefficient (Wildman–Crippen LogP) is 3.58. The molecular formula is C15H12N2O2S. The van der Waals surface area contributed by atoms with Gasteiger partial charge in [0.1, 0.15) is 0 Å². The van der Waals surface area contributed by atoms with Gasteiger partial charge in [-0.1, -0.05) is 18.2 Å². The molecule has 0 aliphatic rings. The molecular weight excluding hydrogens is 272 g/mol. The second-order valence-electron chi connectivity index (χ2n) is 4.21. The minimum Gasteiger partial charge on any atom is -0.462 e. The lowest BCUT2D eigenvalue weighted by Gasteiger charge is -2.02. The van der Waals surface area contributed by atoms with E-state index >= 15 is 0 Å². The third-order valence-electron chi connectivity index (χ3n) is 2.68. The Morgan fingerprint density at radius 1 is 1.20 bits per heavy atom. The molecule has 0 bridgehead atoms. The fourth-order valence-corrected chi connectivity index (χ4v) is 2.58. The Hall–Kier alpha value is -2.40. The number of para-hydroxylation sites is 1. The molecule has 1 N–H and O–H groups in total. The number of benzene rings is 1. The molecule has 2 heterocycles. The number of furan rings is 1. The maximum Gasteiger partial charge on any atom is 0.230 e. The van der Waals surface area contributed by atoms with Crippen molar-refractivity contribution in [2.24, 2.45) is 0 Å². The first kappa shape index (κ1) is 12.6. The molecule has 100 valence electrons. The van der Waals surface area contributed by atoms with Crippen LogP contribution in [-0.4, -0.2) is 10.9 Å². The number of aromatic nitrogens is 1. The smallest absolute Gasteiger partial charge is 0.230 e. The third-order valence-corrected chi connectivity index (χ3v) is 3.59. The molecule has 0 aliphatic carbocycles. The summed E-state index contributed by atoms with van der Waals surface area (Å²) in [5.41, 5.74) is 1.54. The van der Waals surface area contributed by atoms with Crippen LogP contribution in [0.4, 0.5) is 5.69 Å². The Bertz CT molecular complexity index is 690. The molecule has 3 aromatic rings. The van der Waals surface area contributed by atoms with Crippen molar-refractivity contribution in [2.45, 2.75) is 6.42 Å². The van der Waals surface area contributed by atoms with Crippen LogP contribution in [0, 0.1) is 0 Å². The van der Waals surface area contributed by atoms with Gasteiger partial charge in [0.2, 0.25) is 5.91 Å². The van der Waals surface area contributed by atoms with Crippen molar-refractivity contribution in [3.63, 3.8) is 0 Å². The van der Waals surface area contributed by atoms with Crippen molar-refractivity contribution in [3.05, 3.63) is 59.8 Å². The first-order valence-electron chi connectivity index (χ1n) is 6.14. The highest BCUT2D eigenvalue weighted by Gasteiger charge is 2.10. The van der Waals surface area contributed by atoms with Gasteiger partial charge in [0.05, 0.1) is 18.4 Å². The van der Waals surface area contributed by atoms with Crippen molar-refractivity contribution < 1.29 is 9.21 Å². The van der Waals surface area contributed by atoms with Crippen LogP contribution in [0.25, 0.3) is 10.8 Å². The van der Waals surface area contributed by atoms with Crippen LogP contribution in [0.15, 0.2) is 58.5 Å². The van der Waals surface area contributed by atoms with E-state index in [0.717, 1.165) is 22.1 Å². The molecule has 1 amide bonds. The minimum absolute atomic E-state index is 0.0764. The Kier molecular flexibility index (Phi) is 3.60. The monoisotopic (exact) mass is 284 g/mol. The average Bonchev–Trinajstić information content (AvgIpc) is 3.10. The van der Waals surface area contributed by atoms with Crippen molar-refractivity contribution in [3.8, 4) is 10.8 Å². The van der Waals surface area contributed by atoms with Crippen LogP contribution in [0.5, 0.6) is 0 Å². The largest absolute Gasteiger partial charge is 0.462 e. The number of anilines is 1. The quantitative estimate of drug-likeness (QED) is 0.796. The molecule has 20 heavy (non-hydrogen) atoms. The topological polar surface area (TPSA) is 55.1 Å².